The van der Waals surface area contributed by atoms with Gasteiger partial charge in [-0.15, -0.1) is 0 Å². The van der Waals surface area contributed by atoms with E-state index in [0.717, 1.165) is 43.9 Å². The Kier molecular flexibility index (Phi) is 4.11. The maximum Gasteiger partial charge on any atom is 0.242 e. The lowest BCUT2D eigenvalue weighted by Crippen LogP contribution is -2.46. The molecule has 0 bridgehead atoms. The molecule has 2 aliphatic rings. The number of nitrogens with zero attached hydrogens (tertiary/aromatic N) is 3. The van der Waals surface area contributed by atoms with Crippen LogP contribution < -0.4 is 9.47 Å². The van der Waals surface area contributed by atoms with Gasteiger partial charge in [-0.1, -0.05) is 13.0 Å². The second-order valence-corrected chi connectivity index (χ2v) is 7.33. The van der Waals surface area contributed by atoms with Crippen molar-refractivity contribution in [2.24, 2.45) is 5.41 Å². The Bertz CT molecular complexity index is 759. The molecule has 0 saturated carbocycles. The van der Waals surface area contributed by atoms with Crippen LogP contribution in [-0.2, 0) is 17.8 Å². The third kappa shape index (κ3) is 3.48. The molecule has 0 radical (unpaired) electrons. The minimum atomic E-state index is 0.0799. The number of hydrogen-bond donors (Lipinski definition) is 0. The van der Waals surface area contributed by atoms with E-state index >= 15 is 0 Å². The maximum atomic E-state index is 12.6. The Hall–Kier alpha value is -2.50. The fraction of sp³-hybridized carbons (Fsp3) is 0.474. The van der Waals surface area contributed by atoms with Crippen LogP contribution >= 0.6 is 0 Å². The molecular weight excluding hydrogens is 318 g/mol. The van der Waals surface area contributed by atoms with Gasteiger partial charge >= 0.3 is 0 Å². The lowest BCUT2D eigenvalue weighted by Gasteiger charge is -2.41. The van der Waals surface area contributed by atoms with Gasteiger partial charge in [-0.05, 0) is 42.4 Å². The summed E-state index contributed by atoms with van der Waals surface area (Å²) in [5.74, 6) is 1.80. The van der Waals surface area contributed by atoms with E-state index in [1.165, 1.54) is 5.56 Å². The number of carbonyl (C=O) groups is 1. The lowest BCUT2D eigenvalue weighted by molar-refractivity contribution is -0.135. The molecule has 25 heavy (non-hydrogen) atoms. The van der Waals surface area contributed by atoms with Crippen LogP contribution in [0.4, 0.5) is 0 Å². The van der Waals surface area contributed by atoms with Gasteiger partial charge < -0.3 is 18.9 Å². The highest BCUT2D eigenvalue weighted by Gasteiger charge is 2.33. The molecule has 3 heterocycles. The van der Waals surface area contributed by atoms with Crippen LogP contribution in [0, 0.1) is 5.41 Å². The van der Waals surface area contributed by atoms with Gasteiger partial charge in [0.25, 0.3) is 0 Å². The van der Waals surface area contributed by atoms with Crippen LogP contribution in [0.3, 0.4) is 0 Å². The number of benzene rings is 1. The van der Waals surface area contributed by atoms with Crippen LogP contribution in [-0.4, -0.2) is 40.2 Å². The summed E-state index contributed by atoms with van der Waals surface area (Å²) in [6.07, 6.45) is 8.31. The second-order valence-electron chi connectivity index (χ2n) is 7.33. The normalized spacial score (nSPS) is 22.2. The van der Waals surface area contributed by atoms with Crippen LogP contribution in [0.5, 0.6) is 11.5 Å². The van der Waals surface area contributed by atoms with Crippen molar-refractivity contribution in [1.29, 1.82) is 0 Å². The Labute approximate surface area is 147 Å². The monoisotopic (exact) mass is 341 g/mol. The third-order valence-electron chi connectivity index (χ3n) is 5.08. The quantitative estimate of drug-likeness (QED) is 0.857. The lowest BCUT2D eigenvalue weighted by atomic mass is 9.77. The van der Waals surface area contributed by atoms with Crippen LogP contribution in [0.25, 0.3) is 0 Å². The summed E-state index contributed by atoms with van der Waals surface area (Å²) < 4.78 is 12.7. The molecule has 0 N–H and O–H groups in total. The number of piperidine rings is 1. The van der Waals surface area contributed by atoms with Gasteiger partial charge in [-0.2, -0.15) is 0 Å². The standard InChI is InChI=1S/C19H23N3O3/c1-19(10-15-3-4-16-17(9-15)25-14-24-16)5-2-7-22(12-19)18(23)11-21-8-6-20-13-21/h3-4,6,8-9,13H,2,5,7,10-12,14H2,1H3/t19-/m0/s1. The summed E-state index contributed by atoms with van der Waals surface area (Å²) in [6.45, 7) is 4.56. The van der Waals surface area contributed by atoms with E-state index < -0.39 is 0 Å². The van der Waals surface area contributed by atoms with Gasteiger partial charge in [0.15, 0.2) is 11.5 Å². The van der Waals surface area contributed by atoms with Crippen molar-refractivity contribution in [3.8, 4) is 11.5 Å². The predicted octanol–water partition coefficient (Wildman–Crippen LogP) is 2.48. The van der Waals surface area contributed by atoms with Gasteiger partial charge in [0.1, 0.15) is 6.54 Å². The van der Waals surface area contributed by atoms with Gasteiger partial charge in [0.05, 0.1) is 6.33 Å². The summed E-state index contributed by atoms with van der Waals surface area (Å²) >= 11 is 0. The number of amides is 1. The second kappa shape index (κ2) is 6.43. The zero-order chi connectivity index (χ0) is 17.3. The highest BCUT2D eigenvalue weighted by Crippen LogP contribution is 2.37. The number of likely N-dealkylation sites (tertiary alicyclic amines) is 1. The molecule has 1 aromatic heterocycles. The van der Waals surface area contributed by atoms with Crippen molar-refractivity contribution >= 4 is 5.91 Å². The number of imidazole rings is 1. The van der Waals surface area contributed by atoms with Crippen molar-refractivity contribution in [1.82, 2.24) is 14.5 Å². The zero-order valence-electron chi connectivity index (χ0n) is 14.5. The van der Waals surface area contributed by atoms with Gasteiger partial charge in [0, 0.05) is 25.5 Å². The van der Waals surface area contributed by atoms with Gasteiger partial charge in [-0.3, -0.25) is 4.79 Å². The maximum absolute atomic E-state index is 12.6. The summed E-state index contributed by atoms with van der Waals surface area (Å²) in [6, 6.07) is 6.15. The largest absolute Gasteiger partial charge is 0.454 e. The highest BCUT2D eigenvalue weighted by molar-refractivity contribution is 5.76. The van der Waals surface area contributed by atoms with E-state index in [9.17, 15) is 4.79 Å². The average molecular weight is 341 g/mol. The number of aromatic nitrogens is 2. The SMILES string of the molecule is C[C@@]1(Cc2ccc3c(c2)OCO3)CCCN(C(=O)Cn2ccnc2)C1. The van der Waals surface area contributed by atoms with Gasteiger partial charge in [-0.25, -0.2) is 4.98 Å². The average Bonchev–Trinajstić information content (AvgIpc) is 3.25. The minimum Gasteiger partial charge on any atom is -0.454 e. The molecule has 2 aromatic rings. The first-order chi connectivity index (χ1) is 12.1. The number of ether oxygens (including phenoxy) is 2. The number of carbonyl (C=O) groups excluding carboxylic acids is 1. The Morgan fingerprint density at radius 3 is 3.04 bits per heavy atom. The molecule has 132 valence electrons. The zero-order valence-corrected chi connectivity index (χ0v) is 14.5. The smallest absolute Gasteiger partial charge is 0.242 e. The van der Waals surface area contributed by atoms with Crippen molar-refractivity contribution in [3.63, 3.8) is 0 Å². The Balaban J connectivity index is 1.43. The summed E-state index contributed by atoms with van der Waals surface area (Å²) in [5, 5.41) is 0. The number of fused-ring (bicyclic) bond motifs is 1. The Morgan fingerprint density at radius 2 is 2.20 bits per heavy atom. The summed E-state index contributed by atoms with van der Waals surface area (Å²) in [7, 11) is 0. The number of rotatable bonds is 4. The van der Waals surface area contributed by atoms with Crippen LogP contribution in [0.1, 0.15) is 25.3 Å². The molecule has 2 aliphatic heterocycles. The molecule has 1 atom stereocenters. The molecule has 6 heteroatoms. The van der Waals surface area contributed by atoms with E-state index in [1.807, 2.05) is 21.7 Å². The first-order valence-corrected chi connectivity index (χ1v) is 8.73. The van der Waals surface area contributed by atoms with E-state index in [0.29, 0.717) is 13.3 Å². The summed E-state index contributed by atoms with van der Waals surface area (Å²) in [4.78, 5) is 18.6. The molecule has 1 fully saturated rings. The van der Waals surface area contributed by atoms with Crippen molar-refractivity contribution in [2.45, 2.75) is 32.7 Å². The highest BCUT2D eigenvalue weighted by atomic mass is 16.7. The fourth-order valence-electron chi connectivity index (χ4n) is 3.85. The van der Waals surface area contributed by atoms with Crippen LogP contribution in [0.2, 0.25) is 0 Å². The topological polar surface area (TPSA) is 56.6 Å². The first kappa shape index (κ1) is 16.0. The summed E-state index contributed by atoms with van der Waals surface area (Å²) in [5.41, 5.74) is 1.31. The van der Waals surface area contributed by atoms with Crippen molar-refractivity contribution < 1.29 is 14.3 Å². The van der Waals surface area contributed by atoms with E-state index in [-0.39, 0.29) is 11.3 Å². The van der Waals surface area contributed by atoms with Gasteiger partial charge in [0.2, 0.25) is 12.7 Å². The fourth-order valence-corrected chi connectivity index (χ4v) is 3.85. The molecule has 1 aromatic carbocycles. The van der Waals surface area contributed by atoms with Crippen molar-refractivity contribution in [2.75, 3.05) is 19.9 Å². The Morgan fingerprint density at radius 1 is 1.32 bits per heavy atom. The van der Waals surface area contributed by atoms with Crippen LogP contribution in [0.15, 0.2) is 36.9 Å². The third-order valence-corrected chi connectivity index (χ3v) is 5.08. The minimum absolute atomic E-state index is 0.0799. The molecule has 1 amide bonds. The molecule has 6 nitrogen and oxygen atoms in total. The first-order valence-electron chi connectivity index (χ1n) is 8.73. The predicted molar refractivity (Wildman–Crippen MR) is 92.4 cm³/mol. The molecule has 4 rings (SSSR count). The van der Waals surface area contributed by atoms with E-state index in [2.05, 4.69) is 24.0 Å². The van der Waals surface area contributed by atoms with E-state index in [1.54, 1.807) is 12.5 Å². The molecule has 0 aliphatic carbocycles. The molecule has 0 spiro atoms. The van der Waals surface area contributed by atoms with E-state index in [4.69, 9.17) is 9.47 Å². The van der Waals surface area contributed by atoms with Crippen molar-refractivity contribution in [3.05, 3.63) is 42.5 Å². The molecule has 0 unspecified atom stereocenters. The number of hydrogen-bond acceptors (Lipinski definition) is 4. The molecular formula is C19H23N3O3. The molecule has 1 saturated heterocycles.